The fourth-order valence-electron chi connectivity index (χ4n) is 1.35. The first-order chi connectivity index (χ1) is 7.47. The lowest BCUT2D eigenvalue weighted by molar-refractivity contribution is -0.324. The summed E-state index contributed by atoms with van der Waals surface area (Å²) in [6, 6.07) is 7.71. The first kappa shape index (κ1) is 10.5. The summed E-state index contributed by atoms with van der Waals surface area (Å²) in [6.07, 6.45) is -3.94. The maximum Gasteiger partial charge on any atom is 0.591 e. The van der Waals surface area contributed by atoms with Crippen molar-refractivity contribution in [2.75, 3.05) is 0 Å². The van der Waals surface area contributed by atoms with Crippen LogP contribution in [0, 0.1) is 0 Å². The van der Waals surface area contributed by atoms with Gasteiger partial charge in [-0.2, -0.15) is 0 Å². The summed E-state index contributed by atoms with van der Waals surface area (Å²) < 4.78 is 36.0. The zero-order chi connectivity index (χ0) is 11.8. The SMILES string of the molecule is O=c1c2ccccc2ccn1OC(F)(F)F. The highest BCUT2D eigenvalue weighted by Gasteiger charge is 2.32. The molecule has 3 nitrogen and oxygen atoms in total. The van der Waals surface area contributed by atoms with Crippen LogP contribution < -0.4 is 10.4 Å². The molecule has 0 fully saturated rings. The van der Waals surface area contributed by atoms with E-state index in [1.54, 1.807) is 18.2 Å². The Balaban J connectivity index is 2.57. The number of fused-ring (bicyclic) bond motifs is 1. The van der Waals surface area contributed by atoms with E-state index in [9.17, 15) is 18.0 Å². The van der Waals surface area contributed by atoms with Gasteiger partial charge in [0.05, 0.1) is 5.39 Å². The number of rotatable bonds is 1. The molecule has 0 unspecified atom stereocenters. The van der Waals surface area contributed by atoms with E-state index in [4.69, 9.17) is 0 Å². The molecule has 0 amide bonds. The van der Waals surface area contributed by atoms with Gasteiger partial charge in [0.25, 0.3) is 5.56 Å². The molecule has 1 aromatic carbocycles. The molecule has 0 aliphatic rings. The van der Waals surface area contributed by atoms with Crippen molar-refractivity contribution in [3.8, 4) is 0 Å². The zero-order valence-electron chi connectivity index (χ0n) is 7.86. The van der Waals surface area contributed by atoms with Gasteiger partial charge in [0, 0.05) is 6.20 Å². The minimum atomic E-state index is -4.88. The van der Waals surface area contributed by atoms with Crippen LogP contribution in [-0.4, -0.2) is 11.1 Å². The lowest BCUT2D eigenvalue weighted by Crippen LogP contribution is -2.34. The molecular formula is C10H6F3NO2. The average molecular weight is 229 g/mol. The molecule has 0 aliphatic carbocycles. The molecule has 1 aromatic heterocycles. The third-order valence-electron chi connectivity index (χ3n) is 1.98. The van der Waals surface area contributed by atoms with E-state index in [0.717, 1.165) is 6.20 Å². The van der Waals surface area contributed by atoms with Crippen molar-refractivity contribution in [3.05, 3.63) is 46.9 Å². The summed E-state index contributed by atoms with van der Waals surface area (Å²) >= 11 is 0. The summed E-state index contributed by atoms with van der Waals surface area (Å²) in [5, 5.41) is 0.740. The van der Waals surface area contributed by atoms with E-state index in [-0.39, 0.29) is 10.1 Å². The molecule has 0 N–H and O–H groups in total. The predicted octanol–water partition coefficient (Wildman–Crippen LogP) is 1.95. The normalized spacial score (nSPS) is 11.7. The maximum absolute atomic E-state index is 11.9. The van der Waals surface area contributed by atoms with E-state index >= 15 is 0 Å². The number of nitrogens with zero attached hydrogens (tertiary/aromatic N) is 1. The summed E-state index contributed by atoms with van der Waals surface area (Å²) in [5.74, 6) is 0. The second kappa shape index (κ2) is 3.55. The average Bonchev–Trinajstić information content (AvgIpc) is 2.21. The van der Waals surface area contributed by atoms with Crippen molar-refractivity contribution >= 4 is 10.8 Å². The summed E-state index contributed by atoms with van der Waals surface area (Å²) in [5.41, 5.74) is -0.838. The summed E-state index contributed by atoms with van der Waals surface area (Å²) in [4.78, 5) is 15.1. The van der Waals surface area contributed by atoms with Gasteiger partial charge in [-0.15, -0.1) is 17.9 Å². The monoisotopic (exact) mass is 229 g/mol. The van der Waals surface area contributed by atoms with Crippen LogP contribution in [0.3, 0.4) is 0 Å². The van der Waals surface area contributed by atoms with Crippen LogP contribution >= 0.6 is 0 Å². The number of benzene rings is 1. The molecule has 1 heterocycles. The Kier molecular flexibility index (Phi) is 2.34. The van der Waals surface area contributed by atoms with Crippen LogP contribution in [0.25, 0.3) is 10.8 Å². The highest BCUT2D eigenvalue weighted by Crippen LogP contribution is 2.13. The molecule has 6 heteroatoms. The predicted molar refractivity (Wildman–Crippen MR) is 50.8 cm³/mol. The molecule has 2 rings (SSSR count). The summed E-state index contributed by atoms with van der Waals surface area (Å²) in [7, 11) is 0. The Morgan fingerprint density at radius 2 is 1.81 bits per heavy atom. The first-order valence-corrected chi connectivity index (χ1v) is 4.34. The highest BCUT2D eigenvalue weighted by atomic mass is 19.4. The van der Waals surface area contributed by atoms with Gasteiger partial charge >= 0.3 is 6.36 Å². The van der Waals surface area contributed by atoms with Gasteiger partial charge in [-0.1, -0.05) is 18.2 Å². The molecule has 0 aliphatic heterocycles. The summed E-state index contributed by atoms with van der Waals surface area (Å²) in [6.45, 7) is 0. The van der Waals surface area contributed by atoms with Crippen molar-refractivity contribution in [2.24, 2.45) is 0 Å². The zero-order valence-corrected chi connectivity index (χ0v) is 7.86. The van der Waals surface area contributed by atoms with Gasteiger partial charge < -0.3 is 4.84 Å². The van der Waals surface area contributed by atoms with Crippen LogP contribution in [0.1, 0.15) is 0 Å². The number of pyridine rings is 1. The molecule has 84 valence electrons. The maximum atomic E-state index is 11.9. The minimum absolute atomic E-state index is 0.169. The van der Waals surface area contributed by atoms with E-state index in [1.165, 1.54) is 12.1 Å². The first-order valence-electron chi connectivity index (χ1n) is 4.34. The standard InChI is InChI=1S/C10H6F3NO2/c11-10(12,13)16-14-6-5-7-3-1-2-4-8(7)9(14)15/h1-6H. The third kappa shape index (κ3) is 2.00. The third-order valence-corrected chi connectivity index (χ3v) is 1.98. The van der Waals surface area contributed by atoms with Crippen LogP contribution in [0.2, 0.25) is 0 Å². The number of aromatic nitrogens is 1. The van der Waals surface area contributed by atoms with Gasteiger partial charge in [-0.05, 0) is 17.5 Å². The van der Waals surface area contributed by atoms with Gasteiger partial charge in [-0.25, -0.2) is 0 Å². The van der Waals surface area contributed by atoms with Crippen LogP contribution in [0.15, 0.2) is 41.3 Å². The molecule has 16 heavy (non-hydrogen) atoms. The molecule has 0 atom stereocenters. The van der Waals surface area contributed by atoms with Crippen molar-refractivity contribution in [3.63, 3.8) is 0 Å². The van der Waals surface area contributed by atoms with Crippen molar-refractivity contribution in [1.82, 2.24) is 4.73 Å². The topological polar surface area (TPSA) is 31.2 Å². The largest absolute Gasteiger partial charge is 0.591 e. The number of hydrogen-bond donors (Lipinski definition) is 0. The highest BCUT2D eigenvalue weighted by molar-refractivity contribution is 5.80. The Hall–Kier alpha value is -1.98. The second-order valence-electron chi connectivity index (χ2n) is 3.07. The Morgan fingerprint density at radius 1 is 1.12 bits per heavy atom. The fraction of sp³-hybridized carbons (Fsp3) is 0.100. The quantitative estimate of drug-likeness (QED) is 0.748. The van der Waals surface area contributed by atoms with E-state index < -0.39 is 11.9 Å². The van der Waals surface area contributed by atoms with E-state index in [1.807, 2.05) is 0 Å². The molecule has 0 spiro atoms. The van der Waals surface area contributed by atoms with Crippen molar-refractivity contribution in [2.45, 2.75) is 6.36 Å². The molecule has 0 saturated heterocycles. The van der Waals surface area contributed by atoms with E-state index in [2.05, 4.69) is 4.84 Å². The molecule has 0 radical (unpaired) electrons. The second-order valence-corrected chi connectivity index (χ2v) is 3.07. The number of hydrogen-bond acceptors (Lipinski definition) is 2. The van der Waals surface area contributed by atoms with Crippen LogP contribution in [0.5, 0.6) is 0 Å². The lowest BCUT2D eigenvalue weighted by Gasteiger charge is -2.10. The Morgan fingerprint density at radius 3 is 2.50 bits per heavy atom. The smallest absolute Gasteiger partial charge is 0.310 e. The van der Waals surface area contributed by atoms with Crippen LogP contribution in [-0.2, 0) is 0 Å². The van der Waals surface area contributed by atoms with Gasteiger partial charge in [0.2, 0.25) is 0 Å². The number of halogens is 3. The molecule has 2 aromatic rings. The van der Waals surface area contributed by atoms with Crippen LogP contribution in [0.4, 0.5) is 13.2 Å². The van der Waals surface area contributed by atoms with E-state index in [0.29, 0.717) is 5.39 Å². The molecular weight excluding hydrogens is 223 g/mol. The molecule has 0 saturated carbocycles. The van der Waals surface area contributed by atoms with Gasteiger partial charge in [-0.3, -0.25) is 4.79 Å². The van der Waals surface area contributed by atoms with Gasteiger partial charge in [0.1, 0.15) is 0 Å². The van der Waals surface area contributed by atoms with Gasteiger partial charge in [0.15, 0.2) is 0 Å². The Labute approximate surface area is 87.6 Å². The Bertz CT molecular complexity index is 574. The molecule has 0 bridgehead atoms. The van der Waals surface area contributed by atoms with Crippen molar-refractivity contribution in [1.29, 1.82) is 0 Å². The number of alkyl halides is 3. The van der Waals surface area contributed by atoms with Crippen molar-refractivity contribution < 1.29 is 18.0 Å². The fourth-order valence-corrected chi connectivity index (χ4v) is 1.35. The minimum Gasteiger partial charge on any atom is -0.310 e. The lowest BCUT2D eigenvalue weighted by atomic mass is 10.2.